The maximum atomic E-state index is 11.5. The van der Waals surface area contributed by atoms with Gasteiger partial charge in [-0.15, -0.1) is 0 Å². The molecule has 0 aliphatic rings. The number of aryl methyl sites for hydroxylation is 1. The van der Waals surface area contributed by atoms with Gasteiger partial charge in [0.25, 0.3) is 0 Å². The number of amides is 2. The van der Waals surface area contributed by atoms with Gasteiger partial charge in [-0.25, -0.2) is 4.79 Å². The van der Waals surface area contributed by atoms with Crippen LogP contribution in [0.1, 0.15) is 18.9 Å². The summed E-state index contributed by atoms with van der Waals surface area (Å²) in [4.78, 5) is 15.5. The number of carbonyl (C=O) groups excluding carboxylic acids is 1. The molecule has 0 spiro atoms. The smallest absolute Gasteiger partial charge is 0.315 e. The molecule has 1 aromatic heterocycles. The third-order valence-corrected chi connectivity index (χ3v) is 2.79. The van der Waals surface area contributed by atoms with E-state index in [-0.39, 0.29) is 18.7 Å². The minimum Gasteiger partial charge on any atom is -0.394 e. The molecule has 0 saturated carbocycles. The number of rotatable bonds is 7. The van der Waals surface area contributed by atoms with Gasteiger partial charge < -0.3 is 21.1 Å². The second-order valence-electron chi connectivity index (χ2n) is 4.31. The van der Waals surface area contributed by atoms with Crippen LogP contribution >= 0.6 is 0 Å². The third-order valence-electron chi connectivity index (χ3n) is 2.79. The maximum Gasteiger partial charge on any atom is 0.315 e. The monoisotopic (exact) mass is 266 g/mol. The summed E-state index contributed by atoms with van der Waals surface area (Å²) >= 11 is 0. The molecule has 6 heteroatoms. The highest BCUT2D eigenvalue weighted by Gasteiger charge is 2.07. The summed E-state index contributed by atoms with van der Waals surface area (Å²) < 4.78 is 0. The number of anilines is 1. The van der Waals surface area contributed by atoms with Crippen molar-refractivity contribution in [1.82, 2.24) is 15.6 Å². The molecule has 1 heterocycles. The first-order valence-electron chi connectivity index (χ1n) is 6.47. The highest BCUT2D eigenvalue weighted by atomic mass is 16.3. The van der Waals surface area contributed by atoms with Gasteiger partial charge in [0.05, 0.1) is 12.6 Å². The van der Waals surface area contributed by atoms with Gasteiger partial charge in [0.15, 0.2) is 0 Å². The Balaban J connectivity index is 2.20. The first-order valence-corrected chi connectivity index (χ1v) is 6.47. The Labute approximate surface area is 113 Å². The fourth-order valence-corrected chi connectivity index (χ4v) is 1.56. The number of urea groups is 1. The number of aliphatic hydroxyl groups excluding tert-OH is 1. The van der Waals surface area contributed by atoms with Crippen molar-refractivity contribution in [2.24, 2.45) is 0 Å². The number of hydrogen-bond donors (Lipinski definition) is 4. The van der Waals surface area contributed by atoms with Crippen molar-refractivity contribution in [2.75, 3.05) is 25.0 Å². The van der Waals surface area contributed by atoms with Gasteiger partial charge in [0.1, 0.15) is 0 Å². The molecule has 19 heavy (non-hydrogen) atoms. The lowest BCUT2D eigenvalue weighted by molar-refractivity contribution is 0.215. The van der Waals surface area contributed by atoms with E-state index in [2.05, 4.69) is 20.9 Å². The van der Waals surface area contributed by atoms with Crippen LogP contribution in [0.4, 0.5) is 10.5 Å². The van der Waals surface area contributed by atoms with Crippen molar-refractivity contribution in [3.8, 4) is 0 Å². The molecule has 1 rings (SSSR count). The summed E-state index contributed by atoms with van der Waals surface area (Å²) in [5, 5.41) is 17.6. The zero-order valence-electron chi connectivity index (χ0n) is 11.4. The Morgan fingerprint density at radius 3 is 2.89 bits per heavy atom. The Morgan fingerprint density at radius 2 is 2.26 bits per heavy atom. The number of pyridine rings is 1. The summed E-state index contributed by atoms with van der Waals surface area (Å²) in [5.74, 6) is 0. The molecule has 1 atom stereocenters. The molecule has 0 aliphatic carbocycles. The normalized spacial score (nSPS) is 11.7. The Bertz CT molecular complexity index is 394. The first-order chi connectivity index (χ1) is 9.17. The quantitative estimate of drug-likeness (QED) is 0.552. The lowest BCUT2D eigenvalue weighted by Crippen LogP contribution is -2.44. The molecule has 2 amide bonds. The first kappa shape index (κ1) is 15.2. The van der Waals surface area contributed by atoms with Gasteiger partial charge in [-0.1, -0.05) is 6.92 Å². The Morgan fingerprint density at radius 1 is 1.47 bits per heavy atom. The summed E-state index contributed by atoms with van der Waals surface area (Å²) in [6.45, 7) is 4.99. The van der Waals surface area contributed by atoms with Crippen molar-refractivity contribution in [2.45, 2.75) is 26.3 Å². The fourth-order valence-electron chi connectivity index (χ4n) is 1.56. The van der Waals surface area contributed by atoms with Crippen molar-refractivity contribution in [1.29, 1.82) is 0 Å². The SMILES string of the molecule is CC[C@@H](CO)NC(=O)NCCNc1ccncc1C. The molecule has 0 aliphatic heterocycles. The number of aromatic nitrogens is 1. The molecule has 106 valence electrons. The van der Waals surface area contributed by atoms with Crippen LogP contribution in [0.2, 0.25) is 0 Å². The maximum absolute atomic E-state index is 11.5. The van der Waals surface area contributed by atoms with E-state index < -0.39 is 0 Å². The Kier molecular flexibility index (Phi) is 6.67. The second kappa shape index (κ2) is 8.31. The van der Waals surface area contributed by atoms with E-state index in [9.17, 15) is 4.79 Å². The number of carbonyl (C=O) groups is 1. The molecule has 0 unspecified atom stereocenters. The molecular weight excluding hydrogens is 244 g/mol. The van der Waals surface area contributed by atoms with E-state index in [0.29, 0.717) is 19.5 Å². The summed E-state index contributed by atoms with van der Waals surface area (Å²) in [5.41, 5.74) is 2.08. The number of nitrogens with zero attached hydrogens (tertiary/aromatic N) is 1. The van der Waals surface area contributed by atoms with Crippen molar-refractivity contribution in [3.05, 3.63) is 24.0 Å². The average Bonchev–Trinajstić information content (AvgIpc) is 2.42. The predicted molar refractivity (Wildman–Crippen MR) is 75.2 cm³/mol. The zero-order chi connectivity index (χ0) is 14.1. The molecule has 0 saturated heterocycles. The van der Waals surface area contributed by atoms with E-state index in [1.165, 1.54) is 0 Å². The van der Waals surface area contributed by atoms with Crippen LogP contribution in [0.5, 0.6) is 0 Å². The van der Waals surface area contributed by atoms with Crippen molar-refractivity contribution in [3.63, 3.8) is 0 Å². The van der Waals surface area contributed by atoms with Gasteiger partial charge >= 0.3 is 6.03 Å². The largest absolute Gasteiger partial charge is 0.394 e. The minimum absolute atomic E-state index is 0.0433. The van der Waals surface area contributed by atoms with Crippen LogP contribution in [-0.2, 0) is 0 Å². The lowest BCUT2D eigenvalue weighted by atomic mass is 10.2. The van der Waals surface area contributed by atoms with E-state index in [0.717, 1.165) is 11.3 Å². The lowest BCUT2D eigenvalue weighted by Gasteiger charge is -2.15. The fraction of sp³-hybridized carbons (Fsp3) is 0.538. The highest BCUT2D eigenvalue weighted by molar-refractivity contribution is 5.74. The Hall–Kier alpha value is -1.82. The van der Waals surface area contributed by atoms with Crippen LogP contribution in [0.15, 0.2) is 18.5 Å². The van der Waals surface area contributed by atoms with Crippen LogP contribution in [0.3, 0.4) is 0 Å². The van der Waals surface area contributed by atoms with E-state index >= 15 is 0 Å². The molecule has 0 fully saturated rings. The molecule has 0 aromatic carbocycles. The standard InChI is InChI=1S/C13H22N4O2/c1-3-11(9-18)17-13(19)16-7-6-15-12-4-5-14-8-10(12)2/h4-5,8,11,18H,3,6-7,9H2,1-2H3,(H,14,15)(H2,16,17,19)/t11-/m0/s1. The third kappa shape index (κ3) is 5.56. The molecule has 0 radical (unpaired) electrons. The molecule has 1 aromatic rings. The van der Waals surface area contributed by atoms with Gasteiger partial charge in [-0.2, -0.15) is 0 Å². The van der Waals surface area contributed by atoms with Crippen LogP contribution in [-0.4, -0.2) is 41.9 Å². The van der Waals surface area contributed by atoms with E-state index in [1.807, 2.05) is 19.9 Å². The highest BCUT2D eigenvalue weighted by Crippen LogP contribution is 2.10. The summed E-state index contributed by atoms with van der Waals surface area (Å²) in [6.07, 6.45) is 4.22. The predicted octanol–water partition coefficient (Wildman–Crippen LogP) is 0.872. The topological polar surface area (TPSA) is 86.3 Å². The van der Waals surface area contributed by atoms with E-state index in [4.69, 9.17) is 5.11 Å². The van der Waals surface area contributed by atoms with Gasteiger partial charge in [0.2, 0.25) is 0 Å². The zero-order valence-corrected chi connectivity index (χ0v) is 11.4. The van der Waals surface area contributed by atoms with Crippen LogP contribution in [0.25, 0.3) is 0 Å². The number of hydrogen-bond acceptors (Lipinski definition) is 4. The summed E-state index contributed by atoms with van der Waals surface area (Å²) in [6, 6.07) is 1.46. The molecule has 4 N–H and O–H groups in total. The molecule has 0 bridgehead atoms. The van der Waals surface area contributed by atoms with Gasteiger partial charge in [-0.3, -0.25) is 4.98 Å². The average molecular weight is 266 g/mol. The molecular formula is C13H22N4O2. The number of aliphatic hydroxyl groups is 1. The second-order valence-corrected chi connectivity index (χ2v) is 4.31. The molecule has 6 nitrogen and oxygen atoms in total. The van der Waals surface area contributed by atoms with Gasteiger partial charge in [-0.05, 0) is 25.0 Å². The van der Waals surface area contributed by atoms with Gasteiger partial charge in [0, 0.05) is 31.2 Å². The number of nitrogens with one attached hydrogen (secondary N) is 3. The van der Waals surface area contributed by atoms with Crippen molar-refractivity contribution >= 4 is 11.7 Å². The summed E-state index contributed by atoms with van der Waals surface area (Å²) in [7, 11) is 0. The van der Waals surface area contributed by atoms with Crippen molar-refractivity contribution < 1.29 is 9.90 Å². The van der Waals surface area contributed by atoms with Crippen LogP contribution < -0.4 is 16.0 Å². The van der Waals surface area contributed by atoms with E-state index in [1.54, 1.807) is 12.4 Å². The van der Waals surface area contributed by atoms with Crippen LogP contribution in [0, 0.1) is 6.92 Å². The minimum atomic E-state index is -0.255.